The Balaban J connectivity index is 1.53. The number of methoxy groups -OCH3 is 1. The van der Waals surface area contributed by atoms with E-state index in [4.69, 9.17) is 9.72 Å². The topological polar surface area (TPSA) is 85.7 Å². The number of fused-ring (bicyclic) bond motifs is 1. The SMILES string of the molecule is COc1cccc(-c2nnc(SCc3nc4sc(C)c(C)c4c(=O)[nH]3)n2-c2ccccc2)c1. The number of para-hydroxylation sites is 1. The van der Waals surface area contributed by atoms with E-state index in [-0.39, 0.29) is 5.56 Å². The second-order valence-corrected chi connectivity index (χ2v) is 9.62. The minimum absolute atomic E-state index is 0.0981. The van der Waals surface area contributed by atoms with E-state index in [0.29, 0.717) is 27.9 Å². The Morgan fingerprint density at radius 2 is 1.91 bits per heavy atom. The summed E-state index contributed by atoms with van der Waals surface area (Å²) >= 11 is 3.03. The molecule has 0 aliphatic heterocycles. The van der Waals surface area contributed by atoms with Gasteiger partial charge in [-0.1, -0.05) is 42.1 Å². The Labute approximate surface area is 198 Å². The molecule has 9 heteroatoms. The summed E-state index contributed by atoms with van der Waals surface area (Å²) in [5.41, 5.74) is 2.74. The standard InChI is InChI=1S/C24H21N5O2S2/c1-14-15(2)33-23-20(14)22(30)25-19(26-23)13-32-24-28-27-21(16-8-7-11-18(12-16)31-3)29(24)17-9-5-4-6-10-17/h4-12H,13H2,1-3H3,(H,25,26,30). The lowest BCUT2D eigenvalue weighted by molar-refractivity contribution is 0.415. The van der Waals surface area contributed by atoms with Crippen LogP contribution in [0.5, 0.6) is 5.75 Å². The molecule has 3 aromatic heterocycles. The van der Waals surface area contributed by atoms with Crippen molar-refractivity contribution in [2.75, 3.05) is 7.11 Å². The highest BCUT2D eigenvalue weighted by molar-refractivity contribution is 7.98. The normalized spacial score (nSPS) is 11.2. The number of thioether (sulfide) groups is 1. The molecule has 5 rings (SSSR count). The number of H-pyrrole nitrogens is 1. The van der Waals surface area contributed by atoms with Gasteiger partial charge in [0, 0.05) is 16.1 Å². The van der Waals surface area contributed by atoms with Gasteiger partial charge in [0.2, 0.25) is 0 Å². The van der Waals surface area contributed by atoms with Gasteiger partial charge in [0.1, 0.15) is 16.4 Å². The van der Waals surface area contributed by atoms with Crippen molar-refractivity contribution in [1.82, 2.24) is 24.7 Å². The van der Waals surface area contributed by atoms with Crippen LogP contribution in [0.25, 0.3) is 27.3 Å². The first-order valence-corrected chi connectivity index (χ1v) is 12.1. The molecule has 33 heavy (non-hydrogen) atoms. The third-order valence-corrected chi connectivity index (χ3v) is 7.44. The molecule has 0 atom stereocenters. The Kier molecular flexibility index (Phi) is 5.74. The summed E-state index contributed by atoms with van der Waals surface area (Å²) < 4.78 is 7.40. The van der Waals surface area contributed by atoms with Gasteiger partial charge >= 0.3 is 0 Å². The number of aryl methyl sites for hydroxylation is 2. The number of hydrogen-bond acceptors (Lipinski definition) is 7. The number of benzene rings is 2. The molecule has 0 aliphatic carbocycles. The minimum atomic E-state index is -0.0981. The molecule has 0 radical (unpaired) electrons. The van der Waals surface area contributed by atoms with Crippen LogP contribution >= 0.6 is 23.1 Å². The maximum atomic E-state index is 12.6. The van der Waals surface area contributed by atoms with E-state index in [1.807, 2.05) is 73.0 Å². The molecular formula is C24H21N5O2S2. The monoisotopic (exact) mass is 475 g/mol. The summed E-state index contributed by atoms with van der Waals surface area (Å²) in [7, 11) is 1.64. The highest BCUT2D eigenvalue weighted by Crippen LogP contribution is 2.31. The van der Waals surface area contributed by atoms with Crippen molar-refractivity contribution in [3.8, 4) is 22.8 Å². The molecular weight excluding hydrogens is 454 g/mol. The zero-order valence-corrected chi connectivity index (χ0v) is 20.0. The molecule has 2 aromatic carbocycles. The molecule has 0 amide bonds. The molecule has 166 valence electrons. The van der Waals surface area contributed by atoms with Gasteiger partial charge in [-0.05, 0) is 43.7 Å². The highest BCUT2D eigenvalue weighted by Gasteiger charge is 2.18. The Morgan fingerprint density at radius 1 is 1.09 bits per heavy atom. The van der Waals surface area contributed by atoms with Gasteiger partial charge < -0.3 is 9.72 Å². The third kappa shape index (κ3) is 4.05. The van der Waals surface area contributed by atoms with Crippen LogP contribution in [0.3, 0.4) is 0 Å². The molecule has 1 N–H and O–H groups in total. The Bertz CT molecular complexity index is 1500. The first-order chi connectivity index (χ1) is 16.0. The average Bonchev–Trinajstić information content (AvgIpc) is 3.39. The molecule has 7 nitrogen and oxygen atoms in total. The van der Waals surface area contributed by atoms with E-state index in [1.165, 1.54) is 11.8 Å². The van der Waals surface area contributed by atoms with Gasteiger partial charge in [-0.25, -0.2) is 4.98 Å². The molecule has 3 heterocycles. The number of ether oxygens (including phenoxy) is 1. The van der Waals surface area contributed by atoms with Crippen LogP contribution in [-0.2, 0) is 5.75 Å². The van der Waals surface area contributed by atoms with Crippen molar-refractivity contribution in [2.45, 2.75) is 24.8 Å². The van der Waals surface area contributed by atoms with Crippen LogP contribution in [0.2, 0.25) is 0 Å². The zero-order chi connectivity index (χ0) is 22.9. The van der Waals surface area contributed by atoms with Crippen LogP contribution in [0.4, 0.5) is 0 Å². The summed E-state index contributed by atoms with van der Waals surface area (Å²) in [6.07, 6.45) is 0. The van der Waals surface area contributed by atoms with E-state index in [9.17, 15) is 4.79 Å². The van der Waals surface area contributed by atoms with Crippen molar-refractivity contribution in [1.29, 1.82) is 0 Å². The predicted octanol–water partition coefficient (Wildman–Crippen LogP) is 5.15. The van der Waals surface area contributed by atoms with E-state index < -0.39 is 0 Å². The lowest BCUT2D eigenvalue weighted by Crippen LogP contribution is -2.11. The fourth-order valence-electron chi connectivity index (χ4n) is 3.62. The summed E-state index contributed by atoms with van der Waals surface area (Å²) in [5.74, 6) is 2.54. The lowest BCUT2D eigenvalue weighted by atomic mass is 10.2. The van der Waals surface area contributed by atoms with Crippen molar-refractivity contribution in [2.24, 2.45) is 0 Å². The van der Waals surface area contributed by atoms with E-state index in [2.05, 4.69) is 15.2 Å². The van der Waals surface area contributed by atoms with Gasteiger partial charge in [-0.2, -0.15) is 0 Å². The second kappa shape index (κ2) is 8.84. The number of hydrogen-bond donors (Lipinski definition) is 1. The fourth-order valence-corrected chi connectivity index (χ4v) is 5.49. The Morgan fingerprint density at radius 3 is 2.70 bits per heavy atom. The summed E-state index contributed by atoms with van der Waals surface area (Å²) in [5, 5.41) is 10.3. The minimum Gasteiger partial charge on any atom is -0.497 e. The lowest BCUT2D eigenvalue weighted by Gasteiger charge is -2.11. The molecule has 0 saturated carbocycles. The van der Waals surface area contributed by atoms with Crippen LogP contribution < -0.4 is 10.3 Å². The number of nitrogens with one attached hydrogen (secondary N) is 1. The fraction of sp³-hybridized carbons (Fsp3) is 0.167. The maximum Gasteiger partial charge on any atom is 0.259 e. The van der Waals surface area contributed by atoms with Crippen molar-refractivity contribution >= 4 is 33.3 Å². The van der Waals surface area contributed by atoms with Gasteiger partial charge in [-0.3, -0.25) is 9.36 Å². The summed E-state index contributed by atoms with van der Waals surface area (Å²) in [4.78, 5) is 22.1. The van der Waals surface area contributed by atoms with E-state index in [0.717, 1.165) is 32.3 Å². The van der Waals surface area contributed by atoms with E-state index in [1.54, 1.807) is 18.4 Å². The molecule has 5 aromatic rings. The molecule has 0 aliphatic rings. The number of aromatic amines is 1. The van der Waals surface area contributed by atoms with Crippen LogP contribution in [-0.4, -0.2) is 31.8 Å². The second-order valence-electron chi connectivity index (χ2n) is 7.47. The highest BCUT2D eigenvalue weighted by atomic mass is 32.2. The molecule has 0 bridgehead atoms. The first-order valence-electron chi connectivity index (χ1n) is 10.3. The quantitative estimate of drug-likeness (QED) is 0.342. The Hall–Kier alpha value is -3.43. The summed E-state index contributed by atoms with van der Waals surface area (Å²) in [6.45, 7) is 3.97. The smallest absolute Gasteiger partial charge is 0.259 e. The molecule has 0 saturated heterocycles. The zero-order valence-electron chi connectivity index (χ0n) is 18.3. The number of thiophene rings is 1. The van der Waals surface area contributed by atoms with Gasteiger partial charge in [0.25, 0.3) is 5.56 Å². The van der Waals surface area contributed by atoms with Crippen LogP contribution in [0.1, 0.15) is 16.3 Å². The number of aromatic nitrogens is 5. The first kappa shape index (κ1) is 21.4. The van der Waals surface area contributed by atoms with Gasteiger partial charge in [-0.15, -0.1) is 21.5 Å². The van der Waals surface area contributed by atoms with Crippen molar-refractivity contribution in [3.63, 3.8) is 0 Å². The largest absolute Gasteiger partial charge is 0.497 e. The van der Waals surface area contributed by atoms with Gasteiger partial charge in [0.15, 0.2) is 11.0 Å². The van der Waals surface area contributed by atoms with Crippen molar-refractivity contribution in [3.05, 3.63) is 81.2 Å². The van der Waals surface area contributed by atoms with Crippen LogP contribution in [0.15, 0.2) is 64.5 Å². The maximum absolute atomic E-state index is 12.6. The summed E-state index contributed by atoms with van der Waals surface area (Å²) in [6, 6.07) is 17.7. The van der Waals surface area contributed by atoms with Crippen molar-refractivity contribution < 1.29 is 4.74 Å². The molecule has 0 spiro atoms. The number of rotatable bonds is 6. The van der Waals surface area contributed by atoms with Gasteiger partial charge in [0.05, 0.1) is 18.2 Å². The molecule has 0 unspecified atom stereocenters. The van der Waals surface area contributed by atoms with Crippen LogP contribution in [0, 0.1) is 13.8 Å². The van der Waals surface area contributed by atoms with E-state index >= 15 is 0 Å². The molecule has 0 fully saturated rings. The number of nitrogens with zero attached hydrogens (tertiary/aromatic N) is 4. The predicted molar refractivity (Wildman–Crippen MR) is 133 cm³/mol. The third-order valence-electron chi connectivity index (χ3n) is 5.40. The average molecular weight is 476 g/mol.